The second-order valence-electron chi connectivity index (χ2n) is 4.49. The summed E-state index contributed by atoms with van der Waals surface area (Å²) in [7, 11) is 0. The molecule has 2 radical (unpaired) electrons. The van der Waals surface area contributed by atoms with E-state index in [2.05, 4.69) is 36.8 Å². The SMILES string of the molecule is Oc1cccc(C2[C]c3ccccc3CC2)c1. The number of benzene rings is 2. The van der Waals surface area contributed by atoms with Crippen LogP contribution in [0.4, 0.5) is 0 Å². The van der Waals surface area contributed by atoms with Gasteiger partial charge < -0.3 is 5.11 Å². The zero-order chi connectivity index (χ0) is 11.7. The molecule has 0 fully saturated rings. The maximum absolute atomic E-state index is 9.51. The van der Waals surface area contributed by atoms with Gasteiger partial charge in [0.15, 0.2) is 0 Å². The maximum Gasteiger partial charge on any atom is 0.115 e. The molecule has 2 aromatic rings. The molecule has 3 rings (SSSR count). The van der Waals surface area contributed by atoms with Crippen LogP contribution in [0.15, 0.2) is 48.5 Å². The van der Waals surface area contributed by atoms with Crippen LogP contribution in [0.2, 0.25) is 0 Å². The van der Waals surface area contributed by atoms with Gasteiger partial charge in [0, 0.05) is 6.42 Å². The van der Waals surface area contributed by atoms with Crippen LogP contribution in [-0.4, -0.2) is 5.11 Å². The predicted molar refractivity (Wildman–Crippen MR) is 68.0 cm³/mol. The van der Waals surface area contributed by atoms with Gasteiger partial charge in [-0.25, -0.2) is 0 Å². The summed E-state index contributed by atoms with van der Waals surface area (Å²) in [6.07, 6.45) is 5.69. The topological polar surface area (TPSA) is 20.2 Å². The Morgan fingerprint density at radius 3 is 2.82 bits per heavy atom. The molecule has 1 heteroatoms. The highest BCUT2D eigenvalue weighted by molar-refractivity contribution is 5.42. The van der Waals surface area contributed by atoms with E-state index in [0.717, 1.165) is 18.4 Å². The number of hydrogen-bond acceptors (Lipinski definition) is 1. The molecule has 17 heavy (non-hydrogen) atoms. The molecule has 0 amide bonds. The van der Waals surface area contributed by atoms with Gasteiger partial charge in [-0.1, -0.05) is 36.4 Å². The molecule has 0 aromatic heterocycles. The van der Waals surface area contributed by atoms with E-state index >= 15 is 0 Å². The number of hydrogen-bond donors (Lipinski definition) is 1. The van der Waals surface area contributed by atoms with Crippen LogP contribution in [0.1, 0.15) is 29.0 Å². The quantitative estimate of drug-likeness (QED) is 0.782. The summed E-state index contributed by atoms with van der Waals surface area (Å²) >= 11 is 0. The first kappa shape index (κ1) is 10.4. The lowest BCUT2D eigenvalue weighted by Gasteiger charge is -2.24. The van der Waals surface area contributed by atoms with Gasteiger partial charge in [-0.2, -0.15) is 0 Å². The Morgan fingerprint density at radius 2 is 1.94 bits per heavy atom. The Morgan fingerprint density at radius 1 is 1.06 bits per heavy atom. The number of rotatable bonds is 1. The van der Waals surface area contributed by atoms with Crippen LogP contribution in [0, 0.1) is 6.42 Å². The molecule has 0 saturated carbocycles. The summed E-state index contributed by atoms with van der Waals surface area (Å²) in [5.41, 5.74) is 3.75. The third-order valence-corrected chi connectivity index (χ3v) is 3.32. The van der Waals surface area contributed by atoms with E-state index in [1.54, 1.807) is 6.07 Å². The summed E-state index contributed by atoms with van der Waals surface area (Å²) in [6, 6.07) is 15.9. The zero-order valence-electron chi connectivity index (χ0n) is 9.56. The van der Waals surface area contributed by atoms with E-state index in [0.29, 0.717) is 11.7 Å². The average Bonchev–Trinajstić information content (AvgIpc) is 2.38. The first-order valence-electron chi connectivity index (χ1n) is 5.96. The minimum absolute atomic E-state index is 0.303. The third kappa shape index (κ3) is 2.05. The molecule has 1 aliphatic carbocycles. The van der Waals surface area contributed by atoms with Crippen LogP contribution < -0.4 is 0 Å². The lowest BCUT2D eigenvalue weighted by atomic mass is 9.80. The van der Waals surface area contributed by atoms with E-state index in [9.17, 15) is 5.11 Å². The molecule has 1 unspecified atom stereocenters. The Hall–Kier alpha value is -1.76. The van der Waals surface area contributed by atoms with Crippen molar-refractivity contribution in [1.82, 2.24) is 0 Å². The molecule has 0 spiro atoms. The smallest absolute Gasteiger partial charge is 0.115 e. The Bertz CT molecular complexity index is 531. The normalized spacial score (nSPS) is 18.7. The molecule has 1 N–H and O–H groups in total. The fourth-order valence-corrected chi connectivity index (χ4v) is 2.43. The largest absolute Gasteiger partial charge is 0.508 e. The zero-order valence-corrected chi connectivity index (χ0v) is 9.56. The fourth-order valence-electron chi connectivity index (χ4n) is 2.43. The predicted octanol–water partition coefficient (Wildman–Crippen LogP) is 3.55. The van der Waals surface area contributed by atoms with Crippen LogP contribution in [-0.2, 0) is 6.42 Å². The van der Waals surface area contributed by atoms with Gasteiger partial charge in [-0.05, 0) is 47.6 Å². The molecule has 2 aromatic carbocycles. The molecule has 0 bridgehead atoms. The van der Waals surface area contributed by atoms with Gasteiger partial charge in [0.05, 0.1) is 0 Å². The van der Waals surface area contributed by atoms with Gasteiger partial charge in [-0.3, -0.25) is 0 Å². The van der Waals surface area contributed by atoms with Crippen molar-refractivity contribution in [3.05, 3.63) is 71.6 Å². The van der Waals surface area contributed by atoms with E-state index in [-0.39, 0.29) is 0 Å². The van der Waals surface area contributed by atoms with Gasteiger partial charge in [-0.15, -0.1) is 0 Å². The van der Waals surface area contributed by atoms with Crippen molar-refractivity contribution >= 4 is 0 Å². The number of aryl methyl sites for hydroxylation is 1. The standard InChI is InChI=1S/C16H14O/c17-16-7-3-6-14(11-16)15-9-8-12-4-1-2-5-13(12)10-15/h1-7,11,15,17H,8-9H2. The Balaban J connectivity index is 1.89. The summed E-state index contributed by atoms with van der Waals surface area (Å²) in [4.78, 5) is 0. The van der Waals surface area contributed by atoms with E-state index in [4.69, 9.17) is 0 Å². The Labute approximate surface area is 102 Å². The second-order valence-corrected chi connectivity index (χ2v) is 4.49. The average molecular weight is 222 g/mol. The van der Waals surface area contributed by atoms with Crippen molar-refractivity contribution in [2.24, 2.45) is 0 Å². The van der Waals surface area contributed by atoms with E-state index < -0.39 is 0 Å². The summed E-state index contributed by atoms with van der Waals surface area (Å²) in [5, 5.41) is 9.51. The summed E-state index contributed by atoms with van der Waals surface area (Å²) in [6.45, 7) is 0. The van der Waals surface area contributed by atoms with Crippen LogP contribution in [0.5, 0.6) is 5.75 Å². The first-order valence-corrected chi connectivity index (χ1v) is 5.96. The minimum atomic E-state index is 0.303. The van der Waals surface area contributed by atoms with Gasteiger partial charge in [0.1, 0.15) is 5.75 Å². The highest BCUT2D eigenvalue weighted by atomic mass is 16.3. The molecule has 0 heterocycles. The second kappa shape index (κ2) is 4.25. The van der Waals surface area contributed by atoms with Crippen LogP contribution >= 0.6 is 0 Å². The van der Waals surface area contributed by atoms with Crippen molar-refractivity contribution in [2.45, 2.75) is 18.8 Å². The summed E-state index contributed by atoms with van der Waals surface area (Å²) in [5.74, 6) is 0.639. The molecule has 84 valence electrons. The first-order chi connectivity index (χ1) is 8.33. The van der Waals surface area contributed by atoms with Crippen molar-refractivity contribution in [1.29, 1.82) is 0 Å². The third-order valence-electron chi connectivity index (χ3n) is 3.32. The van der Waals surface area contributed by atoms with Crippen molar-refractivity contribution in [3.63, 3.8) is 0 Å². The summed E-state index contributed by atoms with van der Waals surface area (Å²) < 4.78 is 0. The van der Waals surface area contributed by atoms with Gasteiger partial charge >= 0.3 is 0 Å². The number of fused-ring (bicyclic) bond motifs is 1. The molecule has 1 nitrogen and oxygen atoms in total. The molecule has 0 aliphatic heterocycles. The minimum Gasteiger partial charge on any atom is -0.508 e. The van der Waals surface area contributed by atoms with Crippen molar-refractivity contribution in [2.75, 3.05) is 0 Å². The number of aromatic hydroxyl groups is 1. The van der Waals surface area contributed by atoms with Gasteiger partial charge in [0.25, 0.3) is 0 Å². The van der Waals surface area contributed by atoms with Gasteiger partial charge in [0.2, 0.25) is 0 Å². The van der Waals surface area contributed by atoms with E-state index in [1.165, 1.54) is 11.1 Å². The number of phenols is 1. The lowest BCUT2D eigenvalue weighted by molar-refractivity contribution is 0.473. The Kier molecular flexibility index (Phi) is 2.60. The molecular formula is C16H14O. The van der Waals surface area contributed by atoms with Crippen LogP contribution in [0.3, 0.4) is 0 Å². The molecule has 1 aliphatic rings. The molecule has 1 atom stereocenters. The lowest BCUT2D eigenvalue weighted by Crippen LogP contribution is -2.10. The molecular weight excluding hydrogens is 208 g/mol. The number of phenolic OH excluding ortho intramolecular Hbond substituents is 1. The molecule has 0 saturated heterocycles. The maximum atomic E-state index is 9.51. The van der Waals surface area contributed by atoms with E-state index in [1.807, 2.05) is 12.1 Å². The van der Waals surface area contributed by atoms with Crippen LogP contribution in [0.25, 0.3) is 0 Å². The highest BCUT2D eigenvalue weighted by Gasteiger charge is 2.20. The van der Waals surface area contributed by atoms with Crippen molar-refractivity contribution in [3.8, 4) is 5.75 Å². The fraction of sp³-hybridized carbons (Fsp3) is 0.188. The van der Waals surface area contributed by atoms with Crippen molar-refractivity contribution < 1.29 is 5.11 Å². The monoisotopic (exact) mass is 222 g/mol. The highest BCUT2D eigenvalue weighted by Crippen LogP contribution is 2.34.